The molecule has 0 saturated carbocycles. The van der Waals surface area contributed by atoms with Crippen LogP contribution in [0.4, 0.5) is 5.69 Å². The minimum Gasteiger partial charge on any atom is -0.346 e. The summed E-state index contributed by atoms with van der Waals surface area (Å²) in [4.78, 5) is 27.8. The lowest BCUT2D eigenvalue weighted by Crippen LogP contribution is -2.34. The molecule has 2 amide bonds. The smallest absolute Gasteiger partial charge is 0.243 e. The molecule has 0 bridgehead atoms. The summed E-state index contributed by atoms with van der Waals surface area (Å²) in [5, 5.41) is 6.23. The van der Waals surface area contributed by atoms with Gasteiger partial charge in [0.15, 0.2) is 0 Å². The largest absolute Gasteiger partial charge is 0.346 e. The number of anilines is 1. The van der Waals surface area contributed by atoms with Gasteiger partial charge in [-0.25, -0.2) is 4.98 Å². The zero-order valence-electron chi connectivity index (χ0n) is 13.1. The third kappa shape index (κ3) is 5.41. The first-order valence-corrected chi connectivity index (χ1v) is 8.21. The lowest BCUT2D eigenvalue weighted by molar-refractivity contribution is -0.122. The molecule has 1 aromatic heterocycles. The molecule has 2 N–H and O–H groups in total. The van der Waals surface area contributed by atoms with Crippen molar-refractivity contribution in [3.63, 3.8) is 0 Å². The second-order valence-electron chi connectivity index (χ2n) is 5.05. The number of carbonyl (C=O) groups is 2. The monoisotopic (exact) mass is 329 g/mol. The second-order valence-corrected chi connectivity index (χ2v) is 6.04. The Bertz CT molecular complexity index is 669. The van der Waals surface area contributed by atoms with E-state index in [2.05, 4.69) is 15.6 Å². The molecule has 23 heavy (non-hydrogen) atoms. The van der Waals surface area contributed by atoms with E-state index in [1.165, 1.54) is 11.8 Å². The molecular weight excluding hydrogens is 310 g/mol. The van der Waals surface area contributed by atoms with Crippen LogP contribution < -0.4 is 10.6 Å². The van der Waals surface area contributed by atoms with Gasteiger partial charge in [0.05, 0.1) is 17.3 Å². The molecule has 0 atom stereocenters. The van der Waals surface area contributed by atoms with Gasteiger partial charge in [0, 0.05) is 11.9 Å². The van der Waals surface area contributed by atoms with Gasteiger partial charge in [-0.2, -0.15) is 0 Å². The van der Waals surface area contributed by atoms with Crippen LogP contribution in [0.25, 0.3) is 0 Å². The number of thioether (sulfide) groups is 1. The Morgan fingerprint density at radius 2 is 1.78 bits per heavy atom. The number of para-hydroxylation sites is 1. The van der Waals surface area contributed by atoms with Gasteiger partial charge in [0.1, 0.15) is 0 Å². The van der Waals surface area contributed by atoms with Crippen molar-refractivity contribution in [1.29, 1.82) is 0 Å². The number of rotatable bonds is 6. The Kier molecular flexibility index (Phi) is 6.17. The normalized spacial score (nSPS) is 10.2. The van der Waals surface area contributed by atoms with E-state index < -0.39 is 0 Å². The van der Waals surface area contributed by atoms with Crippen molar-refractivity contribution in [3.05, 3.63) is 53.7 Å². The van der Waals surface area contributed by atoms with E-state index in [0.717, 1.165) is 21.8 Å². The highest BCUT2D eigenvalue weighted by atomic mass is 32.2. The first-order chi connectivity index (χ1) is 11.1. The van der Waals surface area contributed by atoms with Crippen LogP contribution in [-0.2, 0) is 9.59 Å². The maximum absolute atomic E-state index is 12.0. The van der Waals surface area contributed by atoms with E-state index in [1.807, 2.05) is 50.2 Å². The number of aryl methyl sites for hydroxylation is 2. The number of nitrogens with zero attached hydrogens (tertiary/aromatic N) is 1. The number of hydrogen-bond acceptors (Lipinski definition) is 4. The Morgan fingerprint density at radius 1 is 1.04 bits per heavy atom. The third-order valence-corrected chi connectivity index (χ3v) is 4.12. The average molecular weight is 329 g/mol. The topological polar surface area (TPSA) is 71.1 Å². The summed E-state index contributed by atoms with van der Waals surface area (Å²) >= 11 is 1.33. The van der Waals surface area contributed by atoms with Crippen molar-refractivity contribution in [3.8, 4) is 0 Å². The molecule has 0 spiro atoms. The molecule has 120 valence electrons. The molecular formula is C17H19N3O2S. The molecule has 1 heterocycles. The van der Waals surface area contributed by atoms with Crippen LogP contribution in [0.5, 0.6) is 0 Å². The maximum Gasteiger partial charge on any atom is 0.243 e. The summed E-state index contributed by atoms with van der Waals surface area (Å²) in [5.41, 5.74) is 2.79. The van der Waals surface area contributed by atoms with Crippen LogP contribution >= 0.6 is 11.8 Å². The summed E-state index contributed by atoms with van der Waals surface area (Å²) in [7, 11) is 0. The van der Waals surface area contributed by atoms with Crippen LogP contribution in [0.2, 0.25) is 0 Å². The summed E-state index contributed by atoms with van der Waals surface area (Å²) in [6.45, 7) is 3.82. The first-order valence-electron chi connectivity index (χ1n) is 7.23. The second kappa shape index (κ2) is 8.33. The zero-order chi connectivity index (χ0) is 16.7. The fourth-order valence-electron chi connectivity index (χ4n) is 2.00. The van der Waals surface area contributed by atoms with Crippen molar-refractivity contribution < 1.29 is 9.59 Å². The first kappa shape index (κ1) is 17.0. The highest BCUT2D eigenvalue weighted by Gasteiger charge is 2.09. The minimum absolute atomic E-state index is 0.0462. The zero-order valence-corrected chi connectivity index (χ0v) is 13.9. The van der Waals surface area contributed by atoms with Crippen LogP contribution in [-0.4, -0.2) is 29.1 Å². The van der Waals surface area contributed by atoms with E-state index in [-0.39, 0.29) is 24.1 Å². The molecule has 1 aromatic carbocycles. The van der Waals surface area contributed by atoms with Gasteiger partial charge in [-0.05, 0) is 37.1 Å². The van der Waals surface area contributed by atoms with Crippen LogP contribution in [0.1, 0.15) is 11.1 Å². The predicted molar refractivity (Wildman–Crippen MR) is 92.5 cm³/mol. The number of pyridine rings is 1. The van der Waals surface area contributed by atoms with Gasteiger partial charge >= 0.3 is 0 Å². The van der Waals surface area contributed by atoms with Gasteiger partial charge in [-0.3, -0.25) is 9.59 Å². The summed E-state index contributed by atoms with van der Waals surface area (Å²) in [5.74, 6) is -0.205. The van der Waals surface area contributed by atoms with Crippen molar-refractivity contribution in [2.24, 2.45) is 0 Å². The molecule has 0 fully saturated rings. The number of carbonyl (C=O) groups excluding carboxylic acids is 2. The summed E-state index contributed by atoms with van der Waals surface area (Å²) in [6.07, 6.45) is 1.68. The summed E-state index contributed by atoms with van der Waals surface area (Å²) in [6, 6.07) is 11.3. The van der Waals surface area contributed by atoms with E-state index in [9.17, 15) is 9.59 Å². The van der Waals surface area contributed by atoms with Gasteiger partial charge in [-0.1, -0.05) is 36.0 Å². The van der Waals surface area contributed by atoms with Crippen molar-refractivity contribution >= 4 is 29.3 Å². The molecule has 0 radical (unpaired) electrons. The number of hydrogen-bond donors (Lipinski definition) is 2. The van der Waals surface area contributed by atoms with E-state index >= 15 is 0 Å². The molecule has 2 rings (SSSR count). The van der Waals surface area contributed by atoms with Crippen molar-refractivity contribution in [2.45, 2.75) is 18.9 Å². The third-order valence-electron chi connectivity index (χ3n) is 3.18. The summed E-state index contributed by atoms with van der Waals surface area (Å²) < 4.78 is 0. The number of amides is 2. The van der Waals surface area contributed by atoms with Gasteiger partial charge in [0.2, 0.25) is 11.8 Å². The van der Waals surface area contributed by atoms with E-state index in [4.69, 9.17) is 0 Å². The van der Waals surface area contributed by atoms with E-state index in [0.29, 0.717) is 0 Å². The highest BCUT2D eigenvalue weighted by Crippen LogP contribution is 2.19. The Labute approximate surface area is 139 Å². The Morgan fingerprint density at radius 3 is 2.43 bits per heavy atom. The molecule has 5 nitrogen and oxygen atoms in total. The molecule has 0 aliphatic carbocycles. The Hall–Kier alpha value is -2.34. The van der Waals surface area contributed by atoms with Crippen LogP contribution in [0.15, 0.2) is 47.6 Å². The number of nitrogens with one attached hydrogen (secondary N) is 2. The molecule has 2 aromatic rings. The predicted octanol–water partition coefficient (Wildman–Crippen LogP) is 2.55. The highest BCUT2D eigenvalue weighted by molar-refractivity contribution is 7.99. The maximum atomic E-state index is 12.0. The lowest BCUT2D eigenvalue weighted by atomic mass is 10.1. The van der Waals surface area contributed by atoms with Crippen LogP contribution in [0, 0.1) is 13.8 Å². The lowest BCUT2D eigenvalue weighted by Gasteiger charge is -2.11. The molecule has 0 unspecified atom stereocenters. The van der Waals surface area contributed by atoms with Crippen molar-refractivity contribution in [1.82, 2.24) is 10.3 Å². The SMILES string of the molecule is Cc1cccc(C)c1NC(=O)CNC(=O)CSc1ccccn1. The minimum atomic E-state index is -0.237. The molecule has 6 heteroatoms. The number of benzene rings is 1. The van der Waals surface area contributed by atoms with Gasteiger partial charge in [-0.15, -0.1) is 0 Å². The fraction of sp³-hybridized carbons (Fsp3) is 0.235. The average Bonchev–Trinajstić information content (AvgIpc) is 2.55. The van der Waals surface area contributed by atoms with Crippen molar-refractivity contribution in [2.75, 3.05) is 17.6 Å². The van der Waals surface area contributed by atoms with Gasteiger partial charge in [0.25, 0.3) is 0 Å². The van der Waals surface area contributed by atoms with E-state index in [1.54, 1.807) is 6.20 Å². The molecule has 0 aliphatic rings. The molecule has 0 aliphatic heterocycles. The standard InChI is InChI=1S/C17H19N3O2S/c1-12-6-5-7-13(2)17(12)20-14(21)10-19-15(22)11-23-16-8-3-4-9-18-16/h3-9H,10-11H2,1-2H3,(H,19,22)(H,20,21). The molecule has 0 saturated heterocycles. The van der Waals surface area contributed by atoms with Gasteiger partial charge < -0.3 is 10.6 Å². The quantitative estimate of drug-likeness (QED) is 0.799. The number of aromatic nitrogens is 1. The van der Waals surface area contributed by atoms with Crippen LogP contribution in [0.3, 0.4) is 0 Å². The Balaban J connectivity index is 1.77. The fourth-order valence-corrected chi connectivity index (χ4v) is 2.69.